The first kappa shape index (κ1) is 34.8. The van der Waals surface area contributed by atoms with Gasteiger partial charge < -0.3 is 29.6 Å². The Bertz CT molecular complexity index is 1530. The Labute approximate surface area is 267 Å². The SMILES string of the molecule is COC(=O)C1=C(CCN2CCc3cc(OC)c(OC)cc3C2)N(C)C(CC(C)(C)N)=C(C(=O)OC)C1c1ccc(C(F)(F)F)cc1. The molecule has 9 nitrogen and oxygen atoms in total. The number of carbonyl (C=O) groups excluding carboxylic acids is 2. The highest BCUT2D eigenvalue weighted by molar-refractivity contribution is 6.00. The number of rotatable bonds is 10. The van der Waals surface area contributed by atoms with Crippen molar-refractivity contribution in [3.8, 4) is 11.5 Å². The molecule has 0 radical (unpaired) electrons. The van der Waals surface area contributed by atoms with Crippen molar-refractivity contribution in [1.29, 1.82) is 0 Å². The van der Waals surface area contributed by atoms with Crippen LogP contribution in [-0.4, -0.2) is 75.9 Å². The van der Waals surface area contributed by atoms with Crippen molar-refractivity contribution >= 4 is 11.9 Å². The van der Waals surface area contributed by atoms with Crippen LogP contribution in [0.4, 0.5) is 13.2 Å². The van der Waals surface area contributed by atoms with Gasteiger partial charge >= 0.3 is 18.1 Å². The quantitative estimate of drug-likeness (QED) is 0.350. The van der Waals surface area contributed by atoms with Gasteiger partial charge in [0, 0.05) is 56.5 Å². The zero-order valence-electron chi connectivity index (χ0n) is 27.3. The summed E-state index contributed by atoms with van der Waals surface area (Å²) in [6.45, 7) is 5.55. The highest BCUT2D eigenvalue weighted by Gasteiger charge is 2.43. The van der Waals surface area contributed by atoms with Crippen LogP contribution < -0.4 is 15.2 Å². The van der Waals surface area contributed by atoms with Crippen LogP contribution in [0.15, 0.2) is 58.9 Å². The van der Waals surface area contributed by atoms with E-state index in [1.54, 1.807) is 26.2 Å². The van der Waals surface area contributed by atoms with Crippen LogP contribution in [0.25, 0.3) is 0 Å². The van der Waals surface area contributed by atoms with Crippen molar-refractivity contribution in [3.05, 3.63) is 81.2 Å². The fourth-order valence-electron chi connectivity index (χ4n) is 6.24. The molecule has 4 rings (SSSR count). The molecule has 46 heavy (non-hydrogen) atoms. The Balaban J connectivity index is 1.81. The number of benzene rings is 2. The number of alkyl halides is 3. The van der Waals surface area contributed by atoms with Crippen LogP contribution in [0.2, 0.25) is 0 Å². The lowest BCUT2D eigenvalue weighted by atomic mass is 9.77. The van der Waals surface area contributed by atoms with Crippen LogP contribution >= 0.6 is 0 Å². The predicted molar refractivity (Wildman–Crippen MR) is 166 cm³/mol. The monoisotopic (exact) mass is 645 g/mol. The minimum Gasteiger partial charge on any atom is -0.493 e. The number of carbonyl (C=O) groups is 2. The minimum absolute atomic E-state index is 0.125. The second-order valence-corrected chi connectivity index (χ2v) is 12.2. The number of hydrogen-bond acceptors (Lipinski definition) is 9. The molecule has 1 unspecified atom stereocenters. The van der Waals surface area contributed by atoms with Gasteiger partial charge in [0.2, 0.25) is 0 Å². The summed E-state index contributed by atoms with van der Waals surface area (Å²) in [5, 5.41) is 0. The maximum absolute atomic E-state index is 13.6. The molecular weight excluding hydrogens is 603 g/mol. The first-order valence-electron chi connectivity index (χ1n) is 14.9. The summed E-state index contributed by atoms with van der Waals surface area (Å²) in [6, 6.07) is 8.43. The lowest BCUT2D eigenvalue weighted by Crippen LogP contribution is -2.41. The molecule has 2 aliphatic heterocycles. The largest absolute Gasteiger partial charge is 0.493 e. The number of nitrogens with zero attached hydrogens (tertiary/aromatic N) is 2. The number of ether oxygens (including phenoxy) is 4. The Morgan fingerprint density at radius 2 is 1.43 bits per heavy atom. The first-order chi connectivity index (χ1) is 21.6. The van der Waals surface area contributed by atoms with Crippen LogP contribution in [0, 0.1) is 0 Å². The molecule has 2 heterocycles. The van der Waals surface area contributed by atoms with Gasteiger partial charge in [0.05, 0.1) is 51.1 Å². The van der Waals surface area contributed by atoms with Crippen molar-refractivity contribution < 1.29 is 41.7 Å². The topological polar surface area (TPSA) is 104 Å². The van der Waals surface area contributed by atoms with Crippen LogP contribution in [0.3, 0.4) is 0 Å². The summed E-state index contributed by atoms with van der Waals surface area (Å²) in [5.74, 6) is -1.15. The van der Waals surface area contributed by atoms with E-state index in [9.17, 15) is 22.8 Å². The van der Waals surface area contributed by atoms with E-state index in [0.29, 0.717) is 48.0 Å². The third-order valence-corrected chi connectivity index (χ3v) is 8.48. The smallest absolute Gasteiger partial charge is 0.416 e. The molecule has 0 fully saturated rings. The predicted octanol–water partition coefficient (Wildman–Crippen LogP) is 5.18. The lowest BCUT2D eigenvalue weighted by Gasteiger charge is -2.40. The zero-order valence-corrected chi connectivity index (χ0v) is 27.3. The maximum atomic E-state index is 13.6. The van der Waals surface area contributed by atoms with Gasteiger partial charge in [0.1, 0.15) is 0 Å². The van der Waals surface area contributed by atoms with Crippen LogP contribution in [0.1, 0.15) is 54.9 Å². The Kier molecular flexibility index (Phi) is 10.4. The standard InChI is InChI=1S/C34H42F3N3O6/c1-33(2,38)18-25-30(32(42)46-7)28(20-8-10-23(11-9-20)34(35,36)37)29(31(41)45-6)24(39(25)3)13-15-40-14-12-21-16-26(43-4)27(44-5)17-22(21)19-40/h8-11,16-17,28H,12-15,18-19,38H2,1-7H3. The summed E-state index contributed by atoms with van der Waals surface area (Å²) in [7, 11) is 7.41. The van der Waals surface area contributed by atoms with E-state index >= 15 is 0 Å². The Hall–Kier alpha value is -4.03. The van der Waals surface area contributed by atoms with Gasteiger partial charge in [-0.3, -0.25) is 4.90 Å². The van der Waals surface area contributed by atoms with E-state index in [2.05, 4.69) is 4.90 Å². The van der Waals surface area contributed by atoms with Crippen molar-refractivity contribution in [2.75, 3.05) is 48.6 Å². The second-order valence-electron chi connectivity index (χ2n) is 12.2. The van der Waals surface area contributed by atoms with Gasteiger partial charge in [-0.05, 0) is 61.2 Å². The van der Waals surface area contributed by atoms with Gasteiger partial charge in [0.25, 0.3) is 0 Å². The summed E-state index contributed by atoms with van der Waals surface area (Å²) in [5.41, 5.74) is 8.81. The number of hydrogen-bond donors (Lipinski definition) is 1. The summed E-state index contributed by atoms with van der Waals surface area (Å²) < 4.78 is 61.9. The van der Waals surface area contributed by atoms with Crippen molar-refractivity contribution in [3.63, 3.8) is 0 Å². The normalized spacial score (nSPS) is 17.5. The number of halogens is 3. The van der Waals surface area contributed by atoms with Gasteiger partial charge in [-0.15, -0.1) is 0 Å². The van der Waals surface area contributed by atoms with Crippen molar-refractivity contribution in [1.82, 2.24) is 9.80 Å². The molecule has 250 valence electrons. The zero-order chi connectivity index (χ0) is 34.0. The summed E-state index contributed by atoms with van der Waals surface area (Å²) in [6.07, 6.45) is -3.18. The van der Waals surface area contributed by atoms with E-state index in [0.717, 1.165) is 30.7 Å². The highest BCUT2D eigenvalue weighted by atomic mass is 19.4. The number of fused-ring (bicyclic) bond motifs is 1. The molecule has 0 amide bonds. The molecule has 12 heteroatoms. The van der Waals surface area contributed by atoms with E-state index in [-0.39, 0.29) is 17.6 Å². The van der Waals surface area contributed by atoms with E-state index in [1.165, 1.54) is 31.9 Å². The number of esters is 2. The maximum Gasteiger partial charge on any atom is 0.416 e. The van der Waals surface area contributed by atoms with E-state index in [1.807, 2.05) is 26.0 Å². The van der Waals surface area contributed by atoms with Crippen LogP contribution in [-0.2, 0) is 38.2 Å². The molecular formula is C34H42F3N3O6. The highest BCUT2D eigenvalue weighted by Crippen LogP contribution is 2.46. The Morgan fingerprint density at radius 3 is 1.93 bits per heavy atom. The molecule has 0 saturated heterocycles. The molecule has 1 atom stereocenters. The lowest BCUT2D eigenvalue weighted by molar-refractivity contribution is -0.139. The second kappa shape index (κ2) is 13.8. The van der Waals surface area contributed by atoms with E-state index in [4.69, 9.17) is 24.7 Å². The third-order valence-electron chi connectivity index (χ3n) is 8.48. The molecule has 2 aliphatic rings. The van der Waals surface area contributed by atoms with Crippen LogP contribution in [0.5, 0.6) is 11.5 Å². The molecule has 0 saturated carbocycles. The van der Waals surface area contributed by atoms with Gasteiger partial charge in [-0.2, -0.15) is 13.2 Å². The molecule has 2 aromatic carbocycles. The van der Waals surface area contributed by atoms with Gasteiger partial charge in [-0.1, -0.05) is 12.1 Å². The summed E-state index contributed by atoms with van der Waals surface area (Å²) in [4.78, 5) is 31.1. The minimum atomic E-state index is -4.56. The molecule has 0 spiro atoms. The molecule has 2 N–H and O–H groups in total. The van der Waals surface area contributed by atoms with Gasteiger partial charge in [-0.25, -0.2) is 9.59 Å². The van der Waals surface area contributed by atoms with Crippen molar-refractivity contribution in [2.45, 2.75) is 57.3 Å². The number of methoxy groups -OCH3 is 4. The third kappa shape index (κ3) is 7.33. The molecule has 2 aromatic rings. The fraction of sp³-hybridized carbons (Fsp3) is 0.471. The summed E-state index contributed by atoms with van der Waals surface area (Å²) >= 11 is 0. The fourth-order valence-corrected chi connectivity index (χ4v) is 6.24. The van der Waals surface area contributed by atoms with Gasteiger partial charge in [0.15, 0.2) is 11.5 Å². The molecule has 0 bridgehead atoms. The number of nitrogens with two attached hydrogens (primary N) is 1. The molecule has 0 aromatic heterocycles. The average molecular weight is 646 g/mol. The average Bonchev–Trinajstić information content (AvgIpc) is 3.02. The molecule has 0 aliphatic carbocycles. The Morgan fingerprint density at radius 1 is 0.891 bits per heavy atom. The van der Waals surface area contributed by atoms with E-state index < -0.39 is 35.1 Å². The first-order valence-corrected chi connectivity index (χ1v) is 14.9. The van der Waals surface area contributed by atoms with Crippen molar-refractivity contribution in [2.24, 2.45) is 5.73 Å².